The van der Waals surface area contributed by atoms with Gasteiger partial charge in [-0.15, -0.1) is 0 Å². The Morgan fingerprint density at radius 1 is 1.25 bits per heavy atom. The van der Waals surface area contributed by atoms with E-state index in [0.29, 0.717) is 22.9 Å². The molecule has 2 N–H and O–H groups in total. The van der Waals surface area contributed by atoms with Crippen molar-refractivity contribution in [1.29, 1.82) is 0 Å². The van der Waals surface area contributed by atoms with Crippen molar-refractivity contribution in [2.45, 2.75) is 17.2 Å². The van der Waals surface area contributed by atoms with Crippen LogP contribution < -0.4 is 10.5 Å². The Morgan fingerprint density at radius 2 is 2.05 bits per heavy atom. The Balaban J connectivity index is 2.19. The second kappa shape index (κ2) is 6.63. The van der Waals surface area contributed by atoms with Gasteiger partial charge in [-0.2, -0.15) is 0 Å². The van der Waals surface area contributed by atoms with Crippen molar-refractivity contribution in [3.63, 3.8) is 0 Å². The van der Waals surface area contributed by atoms with Gasteiger partial charge >= 0.3 is 0 Å². The van der Waals surface area contributed by atoms with E-state index in [0.717, 1.165) is 11.1 Å². The van der Waals surface area contributed by atoms with Crippen LogP contribution in [0, 0.1) is 5.82 Å². The van der Waals surface area contributed by atoms with Gasteiger partial charge in [-0.3, -0.25) is 4.21 Å². The number of methoxy groups -OCH3 is 1. The number of hydrogen-bond acceptors (Lipinski definition) is 3. The molecule has 20 heavy (non-hydrogen) atoms. The van der Waals surface area contributed by atoms with Crippen LogP contribution in [0.25, 0.3) is 0 Å². The first-order chi connectivity index (χ1) is 9.63. The second-order valence-corrected chi connectivity index (χ2v) is 5.75. The average Bonchev–Trinajstić information content (AvgIpc) is 2.47. The quantitative estimate of drug-likeness (QED) is 0.922. The Labute approximate surface area is 120 Å². The van der Waals surface area contributed by atoms with Crippen molar-refractivity contribution in [3.05, 3.63) is 59.4 Å². The summed E-state index contributed by atoms with van der Waals surface area (Å²) in [7, 11) is 0.281. The Morgan fingerprint density at radius 3 is 2.70 bits per heavy atom. The van der Waals surface area contributed by atoms with Crippen LogP contribution in [0.1, 0.15) is 11.1 Å². The summed E-state index contributed by atoms with van der Waals surface area (Å²) in [6.07, 6.45) is 0. The van der Waals surface area contributed by atoms with Gasteiger partial charge in [-0.25, -0.2) is 4.39 Å². The number of ether oxygens (including phenoxy) is 1. The van der Waals surface area contributed by atoms with E-state index in [4.69, 9.17) is 10.5 Å². The maximum absolute atomic E-state index is 13.1. The largest absolute Gasteiger partial charge is 0.496 e. The van der Waals surface area contributed by atoms with Gasteiger partial charge in [0.05, 0.1) is 23.7 Å². The molecule has 0 heterocycles. The van der Waals surface area contributed by atoms with E-state index < -0.39 is 10.8 Å². The van der Waals surface area contributed by atoms with Crippen LogP contribution >= 0.6 is 0 Å². The van der Waals surface area contributed by atoms with Crippen LogP contribution in [0.15, 0.2) is 47.4 Å². The molecule has 2 aromatic rings. The molecular weight excluding hydrogens is 277 g/mol. The second-order valence-electron chi connectivity index (χ2n) is 4.30. The highest BCUT2D eigenvalue weighted by Gasteiger charge is 2.09. The third kappa shape index (κ3) is 3.43. The summed E-state index contributed by atoms with van der Waals surface area (Å²) in [5, 5.41) is 0. The molecular formula is C15H16FNO2S. The van der Waals surface area contributed by atoms with Gasteiger partial charge in [0.15, 0.2) is 0 Å². The zero-order chi connectivity index (χ0) is 14.5. The molecule has 0 saturated carbocycles. The summed E-state index contributed by atoms with van der Waals surface area (Å²) in [4.78, 5) is 0.479. The van der Waals surface area contributed by atoms with Crippen molar-refractivity contribution >= 4 is 10.8 Å². The standard InChI is InChI=1S/C15H16FNO2S/c1-19-15-7-11(5-6-12(15)9-17)10-20(18)14-4-2-3-13(16)8-14/h2-8H,9-10,17H2,1H3. The SMILES string of the molecule is COc1cc(CS(=O)c2cccc(F)c2)ccc1CN. The third-order valence-electron chi connectivity index (χ3n) is 2.93. The first-order valence-electron chi connectivity index (χ1n) is 6.14. The number of nitrogens with two attached hydrogens (primary N) is 1. The summed E-state index contributed by atoms with van der Waals surface area (Å²) in [5.74, 6) is 0.609. The molecule has 5 heteroatoms. The van der Waals surface area contributed by atoms with E-state index in [-0.39, 0.29) is 5.82 Å². The van der Waals surface area contributed by atoms with E-state index in [2.05, 4.69) is 0 Å². The van der Waals surface area contributed by atoms with Gasteiger partial charge in [0, 0.05) is 17.0 Å². The van der Waals surface area contributed by atoms with Gasteiger partial charge in [-0.05, 0) is 29.8 Å². The zero-order valence-electron chi connectivity index (χ0n) is 11.1. The molecule has 0 aliphatic heterocycles. The van der Waals surface area contributed by atoms with E-state index in [1.54, 1.807) is 19.2 Å². The molecule has 0 bridgehead atoms. The number of rotatable bonds is 5. The van der Waals surface area contributed by atoms with Crippen LogP contribution in [0.2, 0.25) is 0 Å². The van der Waals surface area contributed by atoms with Crippen LogP contribution in [0.5, 0.6) is 5.75 Å². The van der Waals surface area contributed by atoms with Gasteiger partial charge < -0.3 is 10.5 Å². The Kier molecular flexibility index (Phi) is 4.87. The molecule has 0 aliphatic carbocycles. The predicted octanol–water partition coefficient (Wildman–Crippen LogP) is 2.60. The summed E-state index contributed by atoms with van der Waals surface area (Å²) in [6.45, 7) is 0.385. The lowest BCUT2D eigenvalue weighted by Gasteiger charge is -2.09. The minimum atomic E-state index is -1.29. The summed E-state index contributed by atoms with van der Waals surface area (Å²) < 4.78 is 30.6. The van der Waals surface area contributed by atoms with Crippen LogP contribution in [-0.4, -0.2) is 11.3 Å². The van der Waals surface area contributed by atoms with Crippen molar-refractivity contribution in [2.24, 2.45) is 5.73 Å². The summed E-state index contributed by atoms with van der Waals surface area (Å²) in [5.41, 5.74) is 7.36. The van der Waals surface area contributed by atoms with Gasteiger partial charge in [0.2, 0.25) is 0 Å². The molecule has 2 rings (SSSR count). The molecule has 3 nitrogen and oxygen atoms in total. The van der Waals surface area contributed by atoms with Gasteiger partial charge in [0.1, 0.15) is 11.6 Å². The molecule has 2 aromatic carbocycles. The molecule has 0 saturated heterocycles. The molecule has 1 unspecified atom stereocenters. The molecule has 0 amide bonds. The molecule has 0 radical (unpaired) electrons. The summed E-state index contributed by atoms with van der Waals surface area (Å²) in [6, 6.07) is 11.4. The Hall–Kier alpha value is -1.72. The minimum Gasteiger partial charge on any atom is -0.496 e. The van der Waals surface area contributed by atoms with Crippen LogP contribution in [0.3, 0.4) is 0 Å². The third-order valence-corrected chi connectivity index (χ3v) is 4.30. The molecule has 1 atom stereocenters. The lowest BCUT2D eigenvalue weighted by molar-refractivity contribution is 0.409. The molecule has 0 aliphatic rings. The highest BCUT2D eigenvalue weighted by atomic mass is 32.2. The highest BCUT2D eigenvalue weighted by molar-refractivity contribution is 7.84. The fourth-order valence-corrected chi connectivity index (χ4v) is 3.01. The number of hydrogen-bond donors (Lipinski definition) is 1. The first kappa shape index (κ1) is 14.7. The monoisotopic (exact) mass is 293 g/mol. The van der Waals surface area contributed by atoms with E-state index in [1.807, 2.05) is 18.2 Å². The van der Waals surface area contributed by atoms with Crippen LogP contribution in [-0.2, 0) is 23.1 Å². The average molecular weight is 293 g/mol. The van der Waals surface area contributed by atoms with Crippen molar-refractivity contribution < 1.29 is 13.3 Å². The van der Waals surface area contributed by atoms with E-state index in [1.165, 1.54) is 12.1 Å². The Bertz CT molecular complexity index is 631. The molecule has 106 valence electrons. The van der Waals surface area contributed by atoms with Crippen LogP contribution in [0.4, 0.5) is 4.39 Å². The maximum Gasteiger partial charge on any atom is 0.124 e. The topological polar surface area (TPSA) is 52.3 Å². The zero-order valence-corrected chi connectivity index (χ0v) is 12.0. The van der Waals surface area contributed by atoms with Crippen molar-refractivity contribution in [3.8, 4) is 5.75 Å². The van der Waals surface area contributed by atoms with Crippen molar-refractivity contribution in [1.82, 2.24) is 0 Å². The minimum absolute atomic E-state index is 0.310. The van der Waals surface area contributed by atoms with Gasteiger partial charge in [0.25, 0.3) is 0 Å². The fourth-order valence-electron chi connectivity index (χ4n) is 1.89. The number of halogens is 1. The van der Waals surface area contributed by atoms with Gasteiger partial charge in [-0.1, -0.05) is 18.2 Å². The normalized spacial score (nSPS) is 12.2. The smallest absolute Gasteiger partial charge is 0.124 e. The summed E-state index contributed by atoms with van der Waals surface area (Å²) >= 11 is 0. The van der Waals surface area contributed by atoms with Crippen molar-refractivity contribution in [2.75, 3.05) is 7.11 Å². The van der Waals surface area contributed by atoms with E-state index in [9.17, 15) is 8.60 Å². The predicted molar refractivity (Wildman–Crippen MR) is 77.4 cm³/mol. The molecule has 0 fully saturated rings. The molecule has 0 spiro atoms. The number of benzene rings is 2. The first-order valence-corrected chi connectivity index (χ1v) is 7.45. The molecule has 0 aromatic heterocycles. The lowest BCUT2D eigenvalue weighted by Crippen LogP contribution is -2.02. The fraction of sp³-hybridized carbons (Fsp3) is 0.200. The maximum atomic E-state index is 13.1. The highest BCUT2D eigenvalue weighted by Crippen LogP contribution is 2.22. The lowest BCUT2D eigenvalue weighted by atomic mass is 10.1. The van der Waals surface area contributed by atoms with E-state index >= 15 is 0 Å².